The summed E-state index contributed by atoms with van der Waals surface area (Å²) >= 11 is 0. The van der Waals surface area contributed by atoms with E-state index in [1.807, 2.05) is 23.1 Å². The molecule has 1 heterocycles. The third kappa shape index (κ3) is 7.37. The molecule has 1 saturated heterocycles. The molecule has 156 valence electrons. The normalized spacial score (nSPS) is 15.6. The predicted octanol–water partition coefficient (Wildman–Crippen LogP) is 2.57. The van der Waals surface area contributed by atoms with E-state index >= 15 is 0 Å². The Morgan fingerprint density at radius 1 is 1.11 bits per heavy atom. The molecule has 0 bridgehead atoms. The maximum atomic E-state index is 12.4. The van der Waals surface area contributed by atoms with Gasteiger partial charge >= 0.3 is 0 Å². The van der Waals surface area contributed by atoms with Crippen molar-refractivity contribution in [2.45, 2.75) is 32.9 Å². The number of amides is 1. The molecule has 27 heavy (non-hydrogen) atoms. The number of ether oxygens (including phenoxy) is 2. The molecule has 2 rings (SSSR count). The van der Waals surface area contributed by atoms with E-state index < -0.39 is 0 Å². The standard InChI is InChI=1S/C19H31N3O3.2ClH/c1-14(2)11-17(20)19(23)22-9-7-21(8-10-22)13-15-12-16(24-3)5-6-18(15)25-4;;/h5-6,12,14,17H,7-11,13,20H2,1-4H3;2*1H/t17-;;/m0../s1. The second-order valence-electron chi connectivity index (χ2n) is 7.02. The summed E-state index contributed by atoms with van der Waals surface area (Å²) < 4.78 is 10.8. The molecular formula is C19H33Cl2N3O3. The number of methoxy groups -OCH3 is 2. The van der Waals surface area contributed by atoms with Gasteiger partial charge in [-0.05, 0) is 30.5 Å². The lowest BCUT2D eigenvalue weighted by molar-refractivity contribution is -0.134. The van der Waals surface area contributed by atoms with Crippen LogP contribution < -0.4 is 15.2 Å². The minimum absolute atomic E-state index is 0. The molecule has 1 aromatic carbocycles. The van der Waals surface area contributed by atoms with Gasteiger partial charge in [0.1, 0.15) is 11.5 Å². The second-order valence-corrected chi connectivity index (χ2v) is 7.02. The average molecular weight is 422 g/mol. The van der Waals surface area contributed by atoms with Crippen LogP contribution in [0.2, 0.25) is 0 Å². The minimum atomic E-state index is -0.384. The smallest absolute Gasteiger partial charge is 0.239 e. The van der Waals surface area contributed by atoms with E-state index in [-0.39, 0.29) is 36.8 Å². The second kappa shape index (κ2) is 12.3. The van der Waals surface area contributed by atoms with Gasteiger partial charge in [0.05, 0.1) is 20.3 Å². The van der Waals surface area contributed by atoms with Crippen LogP contribution in [-0.2, 0) is 11.3 Å². The van der Waals surface area contributed by atoms with Gasteiger partial charge in [-0.2, -0.15) is 0 Å². The van der Waals surface area contributed by atoms with Gasteiger partial charge in [0.2, 0.25) is 5.91 Å². The Kier molecular flexibility index (Phi) is 11.7. The Labute approximate surface area is 175 Å². The number of nitrogens with two attached hydrogens (primary N) is 1. The van der Waals surface area contributed by atoms with E-state index in [0.717, 1.165) is 56.2 Å². The molecular weight excluding hydrogens is 389 g/mol. The summed E-state index contributed by atoms with van der Waals surface area (Å²) in [5.74, 6) is 2.19. The molecule has 0 spiro atoms. The molecule has 6 nitrogen and oxygen atoms in total. The lowest BCUT2D eigenvalue weighted by Crippen LogP contribution is -2.53. The largest absolute Gasteiger partial charge is 0.497 e. The van der Waals surface area contributed by atoms with Crippen molar-refractivity contribution in [2.24, 2.45) is 11.7 Å². The molecule has 1 aliphatic rings. The molecule has 0 aromatic heterocycles. The third-order valence-electron chi connectivity index (χ3n) is 4.61. The van der Waals surface area contributed by atoms with Crippen LogP contribution in [0.5, 0.6) is 11.5 Å². The number of benzene rings is 1. The number of hydrogen-bond donors (Lipinski definition) is 1. The van der Waals surface area contributed by atoms with Crippen molar-refractivity contribution in [2.75, 3.05) is 40.4 Å². The predicted molar refractivity (Wildman–Crippen MR) is 113 cm³/mol. The Morgan fingerprint density at radius 2 is 1.74 bits per heavy atom. The van der Waals surface area contributed by atoms with Crippen LogP contribution in [0.3, 0.4) is 0 Å². The highest BCUT2D eigenvalue weighted by Gasteiger charge is 2.26. The maximum absolute atomic E-state index is 12.4. The molecule has 8 heteroatoms. The fraction of sp³-hybridized carbons (Fsp3) is 0.632. The molecule has 1 aromatic rings. The first-order valence-corrected chi connectivity index (χ1v) is 8.92. The third-order valence-corrected chi connectivity index (χ3v) is 4.61. The highest BCUT2D eigenvalue weighted by molar-refractivity contribution is 5.85. The molecule has 2 N–H and O–H groups in total. The number of halogens is 2. The van der Waals surface area contributed by atoms with Crippen molar-refractivity contribution in [1.29, 1.82) is 0 Å². The zero-order valence-corrected chi connectivity index (χ0v) is 18.3. The molecule has 0 saturated carbocycles. The Morgan fingerprint density at radius 3 is 2.26 bits per heavy atom. The van der Waals surface area contributed by atoms with E-state index in [9.17, 15) is 4.79 Å². The van der Waals surface area contributed by atoms with Gasteiger partial charge in [0.15, 0.2) is 0 Å². The van der Waals surface area contributed by atoms with Gasteiger partial charge in [-0.1, -0.05) is 13.8 Å². The van der Waals surface area contributed by atoms with Crippen LogP contribution in [0, 0.1) is 5.92 Å². The van der Waals surface area contributed by atoms with E-state index in [1.165, 1.54) is 0 Å². The SMILES string of the molecule is COc1ccc(OC)c(CN2CCN(C(=O)[C@@H](N)CC(C)C)CC2)c1.Cl.Cl. The van der Waals surface area contributed by atoms with Gasteiger partial charge in [-0.3, -0.25) is 9.69 Å². The van der Waals surface area contributed by atoms with Crippen LogP contribution >= 0.6 is 24.8 Å². The molecule has 1 amide bonds. The Bertz CT molecular complexity index is 579. The average Bonchev–Trinajstić information content (AvgIpc) is 2.61. The van der Waals surface area contributed by atoms with Crippen molar-refractivity contribution < 1.29 is 14.3 Å². The molecule has 1 fully saturated rings. The molecule has 0 radical (unpaired) electrons. The number of carbonyl (C=O) groups is 1. The number of piperazine rings is 1. The maximum Gasteiger partial charge on any atom is 0.239 e. The molecule has 1 aliphatic heterocycles. The summed E-state index contributed by atoms with van der Waals surface area (Å²) in [5.41, 5.74) is 7.14. The number of rotatable bonds is 7. The fourth-order valence-corrected chi connectivity index (χ4v) is 3.22. The summed E-state index contributed by atoms with van der Waals surface area (Å²) in [4.78, 5) is 16.7. The van der Waals surface area contributed by atoms with E-state index in [0.29, 0.717) is 5.92 Å². The van der Waals surface area contributed by atoms with Crippen LogP contribution in [0.1, 0.15) is 25.8 Å². The lowest BCUT2D eigenvalue weighted by atomic mass is 10.0. The first kappa shape index (κ1) is 25.8. The van der Waals surface area contributed by atoms with Gasteiger partial charge in [-0.15, -0.1) is 24.8 Å². The summed E-state index contributed by atoms with van der Waals surface area (Å²) in [6, 6.07) is 5.45. The fourth-order valence-electron chi connectivity index (χ4n) is 3.22. The van der Waals surface area contributed by atoms with Gasteiger partial charge < -0.3 is 20.1 Å². The van der Waals surface area contributed by atoms with Crippen molar-refractivity contribution >= 4 is 30.7 Å². The van der Waals surface area contributed by atoms with Crippen molar-refractivity contribution in [3.63, 3.8) is 0 Å². The summed E-state index contributed by atoms with van der Waals surface area (Å²) in [7, 11) is 3.34. The Hall–Kier alpha value is -1.21. The van der Waals surface area contributed by atoms with Crippen molar-refractivity contribution in [3.05, 3.63) is 23.8 Å². The number of hydrogen-bond acceptors (Lipinski definition) is 5. The van der Waals surface area contributed by atoms with Crippen molar-refractivity contribution in [1.82, 2.24) is 9.80 Å². The summed E-state index contributed by atoms with van der Waals surface area (Å²) in [6.45, 7) is 8.06. The lowest BCUT2D eigenvalue weighted by Gasteiger charge is -2.36. The van der Waals surface area contributed by atoms with Crippen LogP contribution in [0.15, 0.2) is 18.2 Å². The number of nitrogens with zero attached hydrogens (tertiary/aromatic N) is 2. The summed E-state index contributed by atoms with van der Waals surface area (Å²) in [5, 5.41) is 0. The molecule has 0 unspecified atom stereocenters. The first-order valence-electron chi connectivity index (χ1n) is 8.92. The monoisotopic (exact) mass is 421 g/mol. The van der Waals surface area contributed by atoms with Gasteiger partial charge in [-0.25, -0.2) is 0 Å². The zero-order valence-electron chi connectivity index (χ0n) is 16.6. The van der Waals surface area contributed by atoms with Crippen LogP contribution in [0.4, 0.5) is 0 Å². The quantitative estimate of drug-likeness (QED) is 0.732. The Balaban J connectivity index is 0.00000338. The topological polar surface area (TPSA) is 68.0 Å². The highest BCUT2D eigenvalue weighted by atomic mass is 35.5. The summed E-state index contributed by atoms with van der Waals surface area (Å²) in [6.07, 6.45) is 0.736. The first-order chi connectivity index (χ1) is 11.9. The van der Waals surface area contributed by atoms with Gasteiger partial charge in [0, 0.05) is 38.3 Å². The van der Waals surface area contributed by atoms with Crippen LogP contribution in [0.25, 0.3) is 0 Å². The molecule has 0 aliphatic carbocycles. The van der Waals surface area contributed by atoms with Gasteiger partial charge in [0.25, 0.3) is 0 Å². The van der Waals surface area contributed by atoms with Crippen molar-refractivity contribution in [3.8, 4) is 11.5 Å². The highest BCUT2D eigenvalue weighted by Crippen LogP contribution is 2.25. The van der Waals surface area contributed by atoms with E-state index in [4.69, 9.17) is 15.2 Å². The number of carbonyl (C=O) groups excluding carboxylic acids is 1. The van der Waals surface area contributed by atoms with Crippen LogP contribution in [-0.4, -0.2) is 62.1 Å². The molecule has 1 atom stereocenters. The van der Waals surface area contributed by atoms with E-state index in [1.54, 1.807) is 14.2 Å². The zero-order chi connectivity index (χ0) is 18.4. The van der Waals surface area contributed by atoms with E-state index in [2.05, 4.69) is 18.7 Å². The minimum Gasteiger partial charge on any atom is -0.497 e.